The molecule has 11 heavy (non-hydrogen) atoms. The van der Waals surface area contributed by atoms with Crippen molar-refractivity contribution in [1.82, 2.24) is 9.88 Å². The van der Waals surface area contributed by atoms with Gasteiger partial charge >= 0.3 is 0 Å². The van der Waals surface area contributed by atoms with E-state index in [0.717, 1.165) is 13.1 Å². The minimum absolute atomic E-state index is 0.638. The van der Waals surface area contributed by atoms with E-state index in [2.05, 4.69) is 37.8 Å². The molecule has 0 rings (SSSR count). The van der Waals surface area contributed by atoms with Gasteiger partial charge < -0.3 is 9.88 Å². The maximum atomic E-state index is 6.11. The van der Waals surface area contributed by atoms with Gasteiger partial charge in [-0.3, -0.25) is 0 Å². The molecule has 0 saturated heterocycles. The van der Waals surface area contributed by atoms with Gasteiger partial charge in [-0.25, -0.2) is 0 Å². The molecule has 0 aliphatic carbocycles. The molecule has 0 aromatic heterocycles. The molecule has 0 heterocycles. The van der Waals surface area contributed by atoms with Gasteiger partial charge in [-0.15, -0.1) is 0 Å². The Morgan fingerprint density at radius 2 is 2.00 bits per heavy atom. The standard InChI is InChI=1S/C7H19ClN2Si/c1-7(2)11(8)9-5-6-10(3)4/h7,9,11H,5-6H2,1-4H3. The summed E-state index contributed by atoms with van der Waals surface area (Å²) in [4.78, 5) is 5.53. The molecular weight excluding hydrogens is 176 g/mol. The topological polar surface area (TPSA) is 15.3 Å². The number of nitrogens with zero attached hydrogens (tertiary/aromatic N) is 1. The smallest absolute Gasteiger partial charge is 0.213 e. The van der Waals surface area contributed by atoms with Crippen LogP contribution in [0.1, 0.15) is 13.8 Å². The van der Waals surface area contributed by atoms with E-state index in [9.17, 15) is 0 Å². The second kappa shape index (κ2) is 6.00. The van der Waals surface area contributed by atoms with Crippen LogP contribution in [0.4, 0.5) is 0 Å². The van der Waals surface area contributed by atoms with Crippen molar-refractivity contribution in [1.29, 1.82) is 0 Å². The van der Waals surface area contributed by atoms with Crippen molar-refractivity contribution in [2.24, 2.45) is 0 Å². The normalized spacial score (nSPS) is 14.5. The third-order valence-electron chi connectivity index (χ3n) is 1.48. The van der Waals surface area contributed by atoms with E-state index in [-0.39, 0.29) is 0 Å². The van der Waals surface area contributed by atoms with Crippen molar-refractivity contribution in [3.05, 3.63) is 0 Å². The Labute approximate surface area is 76.3 Å². The third kappa shape index (κ3) is 6.81. The molecule has 68 valence electrons. The summed E-state index contributed by atoms with van der Waals surface area (Å²) in [6, 6.07) is 0. The quantitative estimate of drug-likeness (QED) is 0.519. The Kier molecular flexibility index (Phi) is 6.23. The Bertz CT molecular complexity index is 98.4. The predicted molar refractivity (Wildman–Crippen MR) is 54.7 cm³/mol. The molecule has 0 saturated carbocycles. The molecule has 1 unspecified atom stereocenters. The van der Waals surface area contributed by atoms with Crippen molar-refractivity contribution in [2.45, 2.75) is 19.4 Å². The summed E-state index contributed by atoms with van der Waals surface area (Å²) in [6.07, 6.45) is 0. The number of rotatable bonds is 5. The fraction of sp³-hybridized carbons (Fsp3) is 1.00. The molecule has 4 heteroatoms. The monoisotopic (exact) mass is 194 g/mol. The third-order valence-corrected chi connectivity index (χ3v) is 5.31. The van der Waals surface area contributed by atoms with E-state index in [1.54, 1.807) is 0 Å². The van der Waals surface area contributed by atoms with Gasteiger partial charge in [0.15, 0.2) is 0 Å². The zero-order chi connectivity index (χ0) is 8.85. The molecule has 0 aromatic rings. The minimum Gasteiger partial charge on any atom is -0.326 e. The van der Waals surface area contributed by atoms with E-state index in [1.807, 2.05) is 0 Å². The van der Waals surface area contributed by atoms with Gasteiger partial charge in [-0.05, 0) is 19.6 Å². The molecule has 0 aliphatic heterocycles. The van der Waals surface area contributed by atoms with Gasteiger partial charge in [0.2, 0.25) is 8.27 Å². The Balaban J connectivity index is 3.24. The minimum atomic E-state index is -1.14. The lowest BCUT2D eigenvalue weighted by Gasteiger charge is -2.15. The number of halogens is 1. The van der Waals surface area contributed by atoms with Gasteiger partial charge in [-0.2, -0.15) is 11.1 Å². The van der Waals surface area contributed by atoms with Crippen LogP contribution in [-0.2, 0) is 0 Å². The average molecular weight is 195 g/mol. The first-order valence-corrected chi connectivity index (χ1v) is 7.05. The predicted octanol–water partition coefficient (Wildman–Crippen LogP) is 1.01. The molecule has 0 radical (unpaired) electrons. The fourth-order valence-corrected chi connectivity index (χ4v) is 1.87. The van der Waals surface area contributed by atoms with Crippen molar-refractivity contribution < 1.29 is 0 Å². The molecule has 0 amide bonds. The van der Waals surface area contributed by atoms with E-state index in [0.29, 0.717) is 5.54 Å². The summed E-state index contributed by atoms with van der Waals surface area (Å²) in [5.41, 5.74) is 0.638. The van der Waals surface area contributed by atoms with E-state index in [4.69, 9.17) is 11.1 Å². The number of likely N-dealkylation sites (N-methyl/N-ethyl adjacent to an activating group) is 1. The van der Waals surface area contributed by atoms with Crippen LogP contribution in [0.15, 0.2) is 0 Å². The van der Waals surface area contributed by atoms with Crippen molar-refractivity contribution >= 4 is 19.3 Å². The van der Waals surface area contributed by atoms with Crippen LogP contribution in [0.5, 0.6) is 0 Å². The fourth-order valence-electron chi connectivity index (χ4n) is 0.662. The Hall–Kier alpha value is 0.427. The highest BCUT2D eigenvalue weighted by Crippen LogP contribution is 2.06. The number of hydrogen-bond acceptors (Lipinski definition) is 2. The molecule has 1 atom stereocenters. The highest BCUT2D eigenvalue weighted by molar-refractivity contribution is 7.06. The summed E-state index contributed by atoms with van der Waals surface area (Å²) in [5, 5.41) is 0. The number of hydrogen-bond donors (Lipinski definition) is 1. The van der Waals surface area contributed by atoms with Gasteiger partial charge in [0.05, 0.1) is 0 Å². The average Bonchev–Trinajstić information content (AvgIpc) is 1.86. The van der Waals surface area contributed by atoms with E-state index < -0.39 is 8.27 Å². The maximum absolute atomic E-state index is 6.11. The van der Waals surface area contributed by atoms with Gasteiger partial charge in [-0.1, -0.05) is 13.8 Å². The summed E-state index contributed by atoms with van der Waals surface area (Å²) in [6.45, 7) is 6.44. The molecule has 0 fully saturated rings. The summed E-state index contributed by atoms with van der Waals surface area (Å²) < 4.78 is 0. The van der Waals surface area contributed by atoms with Gasteiger partial charge in [0.25, 0.3) is 0 Å². The number of nitrogens with one attached hydrogen (secondary N) is 1. The van der Waals surface area contributed by atoms with Crippen LogP contribution in [0.3, 0.4) is 0 Å². The first kappa shape index (κ1) is 11.4. The van der Waals surface area contributed by atoms with Crippen LogP contribution in [0.2, 0.25) is 5.54 Å². The van der Waals surface area contributed by atoms with Crippen LogP contribution in [-0.4, -0.2) is 40.4 Å². The van der Waals surface area contributed by atoms with Crippen LogP contribution >= 0.6 is 11.1 Å². The second-order valence-corrected chi connectivity index (χ2v) is 7.36. The molecule has 0 bridgehead atoms. The van der Waals surface area contributed by atoms with E-state index in [1.165, 1.54) is 0 Å². The van der Waals surface area contributed by atoms with Gasteiger partial charge in [0.1, 0.15) is 0 Å². The first-order chi connectivity index (χ1) is 5.04. The highest BCUT2D eigenvalue weighted by Gasteiger charge is 2.10. The zero-order valence-electron chi connectivity index (χ0n) is 7.89. The summed E-state index contributed by atoms with van der Waals surface area (Å²) in [5.74, 6) is 0. The molecule has 0 spiro atoms. The summed E-state index contributed by atoms with van der Waals surface area (Å²) in [7, 11) is 3.00. The molecule has 2 nitrogen and oxygen atoms in total. The Morgan fingerprint density at radius 1 is 1.45 bits per heavy atom. The zero-order valence-corrected chi connectivity index (χ0v) is 9.80. The Morgan fingerprint density at radius 3 is 2.36 bits per heavy atom. The lowest BCUT2D eigenvalue weighted by Crippen LogP contribution is -2.36. The molecule has 1 N–H and O–H groups in total. The largest absolute Gasteiger partial charge is 0.326 e. The van der Waals surface area contributed by atoms with Gasteiger partial charge in [0, 0.05) is 13.1 Å². The van der Waals surface area contributed by atoms with Crippen LogP contribution in [0, 0.1) is 0 Å². The second-order valence-electron chi connectivity index (χ2n) is 3.40. The highest BCUT2D eigenvalue weighted by atomic mass is 35.6. The molecule has 0 aliphatic rings. The summed E-state index contributed by atoms with van der Waals surface area (Å²) >= 11 is 6.11. The van der Waals surface area contributed by atoms with Crippen LogP contribution in [0.25, 0.3) is 0 Å². The van der Waals surface area contributed by atoms with Crippen molar-refractivity contribution in [2.75, 3.05) is 27.2 Å². The first-order valence-electron chi connectivity index (χ1n) is 4.06. The van der Waals surface area contributed by atoms with E-state index >= 15 is 0 Å². The lowest BCUT2D eigenvalue weighted by atomic mass is 10.6. The molecule has 0 aromatic carbocycles. The SMILES string of the molecule is CC(C)[SiH](Cl)NCCN(C)C. The maximum Gasteiger partial charge on any atom is 0.213 e. The van der Waals surface area contributed by atoms with Crippen molar-refractivity contribution in [3.8, 4) is 0 Å². The molecular formula is C7H19ClN2Si. The van der Waals surface area contributed by atoms with Crippen LogP contribution < -0.4 is 4.98 Å². The lowest BCUT2D eigenvalue weighted by molar-refractivity contribution is 0.413. The van der Waals surface area contributed by atoms with Crippen molar-refractivity contribution in [3.63, 3.8) is 0 Å².